The lowest BCUT2D eigenvalue weighted by Crippen LogP contribution is -2.55. The molecule has 4 aliphatic carbocycles. The lowest BCUT2D eigenvalue weighted by Gasteiger charge is -2.54. The highest BCUT2D eigenvalue weighted by Gasteiger charge is 2.48. The first-order chi connectivity index (χ1) is 11.0. The Hall–Kier alpha value is -1.91. The number of hydrogen-bond donors (Lipinski definition) is 1. The molecule has 5 heteroatoms. The average Bonchev–Trinajstić information content (AvgIpc) is 2.49. The van der Waals surface area contributed by atoms with E-state index in [1.807, 2.05) is 0 Å². The molecule has 4 aliphatic rings. The van der Waals surface area contributed by atoms with Crippen LogP contribution in [0, 0.1) is 40.7 Å². The van der Waals surface area contributed by atoms with Gasteiger partial charge >= 0.3 is 0 Å². The summed E-state index contributed by atoms with van der Waals surface area (Å²) in [6.45, 7) is 1.68. The van der Waals surface area contributed by atoms with E-state index >= 15 is 0 Å². The number of para-hydroxylation sites is 1. The third-order valence-electron chi connectivity index (χ3n) is 6.19. The molecule has 5 nitrogen and oxygen atoms in total. The van der Waals surface area contributed by atoms with Crippen LogP contribution < -0.4 is 5.32 Å². The van der Waals surface area contributed by atoms with Gasteiger partial charge in [-0.15, -0.1) is 0 Å². The predicted molar refractivity (Wildman–Crippen MR) is 86.1 cm³/mol. The van der Waals surface area contributed by atoms with Crippen molar-refractivity contribution < 1.29 is 9.72 Å². The van der Waals surface area contributed by atoms with Crippen LogP contribution in [0.5, 0.6) is 0 Å². The summed E-state index contributed by atoms with van der Waals surface area (Å²) in [5.41, 5.74) is 0.672. The molecule has 0 aromatic heterocycles. The maximum Gasteiger partial charge on any atom is 0.285 e. The van der Waals surface area contributed by atoms with E-state index < -0.39 is 4.92 Å². The summed E-state index contributed by atoms with van der Waals surface area (Å²) in [5, 5.41) is 14.5. The monoisotopic (exact) mass is 314 g/mol. The van der Waals surface area contributed by atoms with Crippen LogP contribution in [0.4, 0.5) is 5.69 Å². The molecule has 0 saturated heterocycles. The first kappa shape index (κ1) is 14.7. The van der Waals surface area contributed by atoms with Crippen LogP contribution in [-0.4, -0.2) is 16.9 Å². The first-order valence-corrected chi connectivity index (χ1v) is 8.57. The molecule has 0 aliphatic heterocycles. The summed E-state index contributed by atoms with van der Waals surface area (Å²) in [6, 6.07) is 5.16. The predicted octanol–water partition coefficient (Wildman–Crippen LogP) is 3.46. The van der Waals surface area contributed by atoms with Crippen molar-refractivity contribution in [1.29, 1.82) is 0 Å². The molecule has 23 heavy (non-hydrogen) atoms. The van der Waals surface area contributed by atoms with E-state index in [0.29, 0.717) is 17.4 Å². The van der Waals surface area contributed by atoms with Crippen LogP contribution in [0.15, 0.2) is 18.2 Å². The summed E-state index contributed by atoms with van der Waals surface area (Å²) in [4.78, 5) is 23.6. The van der Waals surface area contributed by atoms with Crippen molar-refractivity contribution in [2.75, 3.05) is 0 Å². The molecule has 1 amide bonds. The van der Waals surface area contributed by atoms with Crippen LogP contribution >= 0.6 is 0 Å². The highest BCUT2D eigenvalue weighted by atomic mass is 16.6. The Morgan fingerprint density at radius 3 is 2.30 bits per heavy atom. The number of nitrogens with zero attached hydrogens (tertiary/aromatic N) is 1. The fourth-order valence-corrected chi connectivity index (χ4v) is 5.47. The van der Waals surface area contributed by atoms with Crippen molar-refractivity contribution in [3.8, 4) is 0 Å². The maximum absolute atomic E-state index is 12.7. The second kappa shape index (κ2) is 5.32. The average molecular weight is 314 g/mol. The Balaban J connectivity index is 1.57. The summed E-state index contributed by atoms with van der Waals surface area (Å²) in [6.07, 6.45) is 6.24. The van der Waals surface area contributed by atoms with Gasteiger partial charge < -0.3 is 5.32 Å². The van der Waals surface area contributed by atoms with Crippen LogP contribution in [-0.2, 0) is 0 Å². The number of nitro groups is 1. The van der Waals surface area contributed by atoms with Gasteiger partial charge in [0, 0.05) is 11.6 Å². The molecule has 0 atom stereocenters. The largest absolute Gasteiger partial charge is 0.349 e. The fourth-order valence-electron chi connectivity index (χ4n) is 5.47. The molecular weight excluding hydrogens is 292 g/mol. The molecule has 0 unspecified atom stereocenters. The van der Waals surface area contributed by atoms with Gasteiger partial charge in [-0.05, 0) is 68.8 Å². The van der Waals surface area contributed by atoms with Crippen LogP contribution in [0.3, 0.4) is 0 Å². The highest BCUT2D eigenvalue weighted by Crippen LogP contribution is 2.53. The minimum Gasteiger partial charge on any atom is -0.349 e. The molecule has 1 aromatic carbocycles. The van der Waals surface area contributed by atoms with Crippen LogP contribution in [0.1, 0.15) is 48.0 Å². The molecule has 122 valence electrons. The lowest BCUT2D eigenvalue weighted by molar-refractivity contribution is -0.385. The van der Waals surface area contributed by atoms with Crippen molar-refractivity contribution >= 4 is 11.6 Å². The quantitative estimate of drug-likeness (QED) is 0.686. The van der Waals surface area contributed by atoms with Crippen molar-refractivity contribution in [2.24, 2.45) is 23.7 Å². The highest BCUT2D eigenvalue weighted by molar-refractivity contribution is 5.98. The SMILES string of the molecule is Cc1cccc(C(=O)NC2C3CC4CC(C3)CC2C4)c1[N+](=O)[O-]. The molecule has 5 rings (SSSR count). The Labute approximate surface area is 135 Å². The summed E-state index contributed by atoms with van der Waals surface area (Å²) in [7, 11) is 0. The zero-order chi connectivity index (χ0) is 16.1. The van der Waals surface area contributed by atoms with Crippen LogP contribution in [0.25, 0.3) is 0 Å². The van der Waals surface area contributed by atoms with Crippen molar-refractivity contribution in [3.63, 3.8) is 0 Å². The molecule has 0 heterocycles. The third-order valence-corrected chi connectivity index (χ3v) is 6.19. The van der Waals surface area contributed by atoms with Crippen molar-refractivity contribution in [2.45, 2.75) is 45.1 Å². The minimum absolute atomic E-state index is 0.0613. The Bertz CT molecular complexity index is 642. The van der Waals surface area contributed by atoms with E-state index in [1.165, 1.54) is 32.1 Å². The van der Waals surface area contributed by atoms with Gasteiger partial charge in [0.1, 0.15) is 5.56 Å². The molecule has 4 saturated carbocycles. The van der Waals surface area contributed by atoms with E-state index in [4.69, 9.17) is 0 Å². The zero-order valence-corrected chi connectivity index (χ0v) is 13.3. The van der Waals surface area contributed by atoms with Gasteiger partial charge in [0.05, 0.1) is 4.92 Å². The van der Waals surface area contributed by atoms with E-state index in [-0.39, 0.29) is 23.2 Å². The lowest BCUT2D eigenvalue weighted by atomic mass is 9.54. The number of benzene rings is 1. The minimum atomic E-state index is -0.443. The van der Waals surface area contributed by atoms with Gasteiger partial charge in [-0.1, -0.05) is 12.1 Å². The Kier molecular flexibility index (Phi) is 3.39. The molecule has 4 bridgehead atoms. The third kappa shape index (κ3) is 2.42. The standard InChI is InChI=1S/C18H22N2O3/c1-10-3-2-4-15(17(10)20(22)23)18(21)19-16-13-6-11-5-12(8-13)9-14(16)7-11/h2-4,11-14,16H,5-9H2,1H3,(H,19,21). The number of aryl methyl sites for hydroxylation is 1. The van der Waals surface area contributed by atoms with Gasteiger partial charge in [-0.2, -0.15) is 0 Å². The number of nitrogens with one attached hydrogen (secondary N) is 1. The van der Waals surface area contributed by atoms with Crippen molar-refractivity contribution in [1.82, 2.24) is 5.32 Å². The summed E-state index contributed by atoms with van der Waals surface area (Å²) < 4.78 is 0. The topological polar surface area (TPSA) is 72.2 Å². The van der Waals surface area contributed by atoms with E-state index in [0.717, 1.165) is 11.8 Å². The van der Waals surface area contributed by atoms with Crippen LogP contribution in [0.2, 0.25) is 0 Å². The molecule has 0 spiro atoms. The summed E-state index contributed by atoms with van der Waals surface area (Å²) in [5.74, 6) is 2.55. The number of rotatable bonds is 3. The zero-order valence-electron chi connectivity index (χ0n) is 13.3. The molecule has 1 aromatic rings. The van der Waals surface area contributed by atoms with Crippen molar-refractivity contribution in [3.05, 3.63) is 39.4 Å². The van der Waals surface area contributed by atoms with Gasteiger partial charge in [-0.3, -0.25) is 14.9 Å². The van der Waals surface area contributed by atoms with Gasteiger partial charge in [-0.25, -0.2) is 0 Å². The van der Waals surface area contributed by atoms with Gasteiger partial charge in [0.15, 0.2) is 0 Å². The number of hydrogen-bond acceptors (Lipinski definition) is 3. The summed E-state index contributed by atoms with van der Waals surface area (Å²) >= 11 is 0. The number of carbonyl (C=O) groups excluding carboxylic acids is 1. The van der Waals surface area contributed by atoms with Gasteiger partial charge in [0.25, 0.3) is 11.6 Å². The Morgan fingerprint density at radius 1 is 1.13 bits per heavy atom. The van der Waals surface area contributed by atoms with E-state index in [2.05, 4.69) is 5.32 Å². The molecular formula is C18H22N2O3. The molecule has 0 radical (unpaired) electrons. The molecule has 4 fully saturated rings. The second-order valence-corrected chi connectivity index (χ2v) is 7.66. The number of amides is 1. The number of carbonyl (C=O) groups is 1. The van der Waals surface area contributed by atoms with E-state index in [9.17, 15) is 14.9 Å². The normalized spacial score (nSPS) is 34.4. The first-order valence-electron chi connectivity index (χ1n) is 8.57. The smallest absolute Gasteiger partial charge is 0.285 e. The maximum atomic E-state index is 12.7. The molecule has 1 N–H and O–H groups in total. The Morgan fingerprint density at radius 2 is 1.74 bits per heavy atom. The fraction of sp³-hybridized carbons (Fsp3) is 0.611. The van der Waals surface area contributed by atoms with E-state index in [1.54, 1.807) is 25.1 Å². The number of nitro benzene ring substituents is 1. The second-order valence-electron chi connectivity index (χ2n) is 7.66. The van der Waals surface area contributed by atoms with Gasteiger partial charge in [0.2, 0.25) is 0 Å².